The molecule has 1 aliphatic heterocycles. The van der Waals surface area contributed by atoms with E-state index in [1.165, 1.54) is 11.3 Å². The number of rotatable bonds is 3. The maximum Gasteiger partial charge on any atom is 0.162 e. The molecule has 136 valence electrons. The van der Waals surface area contributed by atoms with Crippen LogP contribution < -0.4 is 14.8 Å². The molecule has 2 unspecified atom stereocenters. The Hall–Kier alpha value is -2.53. The van der Waals surface area contributed by atoms with Gasteiger partial charge in [-0.15, -0.1) is 12.4 Å². The van der Waals surface area contributed by atoms with Crippen LogP contribution in [0.1, 0.15) is 24.1 Å². The van der Waals surface area contributed by atoms with Crippen LogP contribution in [-0.2, 0) is 6.42 Å². The lowest BCUT2D eigenvalue weighted by Gasteiger charge is -2.32. The Kier molecular flexibility index (Phi) is 5.18. The van der Waals surface area contributed by atoms with Gasteiger partial charge in [0, 0.05) is 29.1 Å². The molecule has 0 amide bonds. The molecule has 0 saturated carbocycles. The highest BCUT2D eigenvalue weighted by atomic mass is 35.5. The number of nitrogens with zero attached hydrogens (tertiary/aromatic N) is 2. The number of nitrogens with one attached hydrogen (secondary N) is 1. The molecule has 0 aliphatic carbocycles. The van der Waals surface area contributed by atoms with Gasteiger partial charge in [0.05, 0.1) is 25.4 Å². The third-order valence-corrected chi connectivity index (χ3v) is 4.97. The molecule has 26 heavy (non-hydrogen) atoms. The maximum absolute atomic E-state index is 5.47. The number of halogens is 1. The van der Waals surface area contributed by atoms with Crippen LogP contribution in [0.2, 0.25) is 0 Å². The molecule has 2 heterocycles. The monoisotopic (exact) mass is 371 g/mol. The highest BCUT2D eigenvalue weighted by Crippen LogP contribution is 2.38. The Morgan fingerprint density at radius 2 is 1.77 bits per heavy atom. The van der Waals surface area contributed by atoms with E-state index in [-0.39, 0.29) is 24.4 Å². The predicted molar refractivity (Wildman–Crippen MR) is 106 cm³/mol. The molecule has 2 atom stereocenters. The van der Waals surface area contributed by atoms with E-state index in [4.69, 9.17) is 9.47 Å². The first-order valence-electron chi connectivity index (χ1n) is 8.42. The van der Waals surface area contributed by atoms with Crippen LogP contribution >= 0.6 is 12.4 Å². The lowest BCUT2D eigenvalue weighted by molar-refractivity contribution is 0.355. The van der Waals surface area contributed by atoms with Crippen LogP contribution in [0.3, 0.4) is 0 Å². The summed E-state index contributed by atoms with van der Waals surface area (Å²) in [6.07, 6.45) is 2.58. The Morgan fingerprint density at radius 3 is 2.54 bits per heavy atom. The fourth-order valence-electron chi connectivity index (χ4n) is 3.63. The van der Waals surface area contributed by atoms with E-state index in [1.807, 2.05) is 12.1 Å². The summed E-state index contributed by atoms with van der Waals surface area (Å²) in [5, 5.41) is 4.62. The highest BCUT2D eigenvalue weighted by Gasteiger charge is 2.29. The number of ether oxygens (including phenoxy) is 2. The molecule has 1 N–H and O–H groups in total. The fourth-order valence-corrected chi connectivity index (χ4v) is 3.63. The normalized spacial score (nSPS) is 18.4. The van der Waals surface area contributed by atoms with E-state index in [9.17, 15) is 0 Å². The summed E-state index contributed by atoms with van der Waals surface area (Å²) in [7, 11) is 3.28. The van der Waals surface area contributed by atoms with Gasteiger partial charge in [-0.2, -0.15) is 0 Å². The van der Waals surface area contributed by atoms with Crippen molar-refractivity contribution in [1.82, 2.24) is 9.97 Å². The van der Waals surface area contributed by atoms with Crippen molar-refractivity contribution in [3.8, 4) is 11.5 Å². The summed E-state index contributed by atoms with van der Waals surface area (Å²) in [6, 6.07) is 12.6. The third-order valence-electron chi connectivity index (χ3n) is 4.97. The van der Waals surface area contributed by atoms with E-state index < -0.39 is 0 Å². The molecule has 0 bridgehead atoms. The smallest absolute Gasteiger partial charge is 0.162 e. The zero-order chi connectivity index (χ0) is 17.4. The summed E-state index contributed by atoms with van der Waals surface area (Å²) in [5.41, 5.74) is 4.44. The van der Waals surface area contributed by atoms with Crippen molar-refractivity contribution in [1.29, 1.82) is 0 Å². The van der Waals surface area contributed by atoms with Crippen LogP contribution in [0.4, 0.5) is 5.69 Å². The molecule has 4 rings (SSSR count). The number of hydrogen-bond acceptors (Lipinski definition) is 5. The quantitative estimate of drug-likeness (QED) is 0.747. The molecule has 0 fully saturated rings. The van der Waals surface area contributed by atoms with Gasteiger partial charge in [0.1, 0.15) is 6.33 Å². The van der Waals surface area contributed by atoms with Crippen LogP contribution in [0.15, 0.2) is 42.7 Å². The van der Waals surface area contributed by atoms with Gasteiger partial charge in [-0.25, -0.2) is 9.97 Å². The van der Waals surface area contributed by atoms with Crippen LogP contribution in [-0.4, -0.2) is 30.2 Å². The second-order valence-corrected chi connectivity index (χ2v) is 6.38. The molecule has 3 aromatic rings. The largest absolute Gasteiger partial charge is 0.493 e. The minimum atomic E-state index is 0. The van der Waals surface area contributed by atoms with Crippen molar-refractivity contribution < 1.29 is 9.47 Å². The van der Waals surface area contributed by atoms with Crippen LogP contribution in [0.5, 0.6) is 11.5 Å². The molecule has 0 spiro atoms. The molecular weight excluding hydrogens is 350 g/mol. The predicted octanol–water partition coefficient (Wildman–Crippen LogP) is 4.21. The Morgan fingerprint density at radius 1 is 1.04 bits per heavy atom. The Labute approximate surface area is 159 Å². The van der Waals surface area contributed by atoms with Gasteiger partial charge in [-0.3, -0.25) is 0 Å². The van der Waals surface area contributed by atoms with Gasteiger partial charge < -0.3 is 14.8 Å². The number of fused-ring (bicyclic) bond motifs is 2. The second kappa shape index (κ2) is 7.38. The Balaban J connectivity index is 0.00000196. The van der Waals surface area contributed by atoms with Crippen LogP contribution in [0, 0.1) is 0 Å². The number of benzene rings is 2. The summed E-state index contributed by atoms with van der Waals surface area (Å²) >= 11 is 0. The number of aromatic nitrogens is 2. The lowest BCUT2D eigenvalue weighted by atomic mass is 9.84. The highest BCUT2D eigenvalue weighted by molar-refractivity contribution is 5.86. The van der Waals surface area contributed by atoms with E-state index in [1.54, 1.807) is 20.5 Å². The van der Waals surface area contributed by atoms with Crippen molar-refractivity contribution in [2.45, 2.75) is 25.3 Å². The summed E-state index contributed by atoms with van der Waals surface area (Å²) in [5.74, 6) is 1.64. The Bertz CT molecular complexity index is 932. The molecule has 0 radical (unpaired) electrons. The number of hydrogen-bond donors (Lipinski definition) is 1. The molecule has 6 heteroatoms. The van der Waals surface area contributed by atoms with Gasteiger partial charge in [0.25, 0.3) is 0 Å². The first-order chi connectivity index (χ1) is 12.2. The second-order valence-electron chi connectivity index (χ2n) is 6.38. The van der Waals surface area contributed by atoms with Crippen molar-refractivity contribution in [3.63, 3.8) is 0 Å². The van der Waals surface area contributed by atoms with Crippen LogP contribution in [0.25, 0.3) is 10.9 Å². The van der Waals surface area contributed by atoms with Crippen molar-refractivity contribution in [2.24, 2.45) is 0 Å². The van der Waals surface area contributed by atoms with Gasteiger partial charge in [-0.1, -0.05) is 18.2 Å². The summed E-state index contributed by atoms with van der Waals surface area (Å²) in [4.78, 5) is 9.06. The zero-order valence-electron chi connectivity index (χ0n) is 15.0. The molecule has 1 aromatic heterocycles. The molecule has 2 aromatic carbocycles. The average molecular weight is 372 g/mol. The SMILES string of the molecule is COc1cc2ncnc(C3Cc4ccccc4NC3C)c2cc1OC.Cl. The van der Waals surface area contributed by atoms with E-state index in [0.29, 0.717) is 11.5 Å². The van der Waals surface area contributed by atoms with Gasteiger partial charge >= 0.3 is 0 Å². The molecular formula is C20H22ClN3O2. The van der Waals surface area contributed by atoms with Gasteiger partial charge in [0.15, 0.2) is 11.5 Å². The molecule has 5 nitrogen and oxygen atoms in total. The first kappa shape index (κ1) is 18.3. The standard InChI is InChI=1S/C20H21N3O2.ClH/c1-12-14(8-13-6-4-5-7-16(13)23-12)20-15-9-18(24-2)19(25-3)10-17(15)21-11-22-20;/h4-7,9-12,14,23H,8H2,1-3H3;1H. The van der Waals surface area contributed by atoms with Gasteiger partial charge in [-0.05, 0) is 31.0 Å². The maximum atomic E-state index is 5.47. The first-order valence-corrected chi connectivity index (χ1v) is 8.42. The van der Waals surface area contributed by atoms with E-state index >= 15 is 0 Å². The van der Waals surface area contributed by atoms with Gasteiger partial charge in [0.2, 0.25) is 0 Å². The number of anilines is 1. The third kappa shape index (κ3) is 3.03. The minimum absolute atomic E-state index is 0. The summed E-state index contributed by atoms with van der Waals surface area (Å²) < 4.78 is 10.9. The fraction of sp³-hybridized carbons (Fsp3) is 0.300. The molecule has 0 saturated heterocycles. The minimum Gasteiger partial charge on any atom is -0.493 e. The van der Waals surface area contributed by atoms with E-state index in [0.717, 1.165) is 23.0 Å². The van der Waals surface area contributed by atoms with Crippen molar-refractivity contribution in [2.75, 3.05) is 19.5 Å². The number of para-hydroxylation sites is 1. The van der Waals surface area contributed by atoms with Crippen molar-refractivity contribution >= 4 is 29.0 Å². The van der Waals surface area contributed by atoms with Crippen molar-refractivity contribution in [3.05, 3.63) is 54.0 Å². The summed E-state index contributed by atoms with van der Waals surface area (Å²) in [6.45, 7) is 2.20. The molecule has 1 aliphatic rings. The number of methoxy groups -OCH3 is 2. The van der Waals surface area contributed by atoms with E-state index in [2.05, 4.69) is 46.5 Å². The average Bonchev–Trinajstić information content (AvgIpc) is 2.65. The topological polar surface area (TPSA) is 56.3 Å². The zero-order valence-corrected chi connectivity index (χ0v) is 15.8. The lowest BCUT2D eigenvalue weighted by Crippen LogP contribution is -2.31.